The molecule has 0 spiro atoms. The molecule has 0 unspecified atom stereocenters. The quantitative estimate of drug-likeness (QED) is 0.772. The standard InChI is InChI=1S/C19H19N5O/c1-4-24-11-10-15(12-18(24)20-3)23-17-13-19(22-14(2)21-17)25-16-8-6-5-7-9-16/h4-13H,1H2,2-3H3,(H,21,22,23). The number of nitrogens with one attached hydrogen (secondary N) is 1. The molecule has 25 heavy (non-hydrogen) atoms. The SMILES string of the molecule is C=Cn1ccc(Nc2cc(Oc3ccccc3)nc(C)n2)cc1=NC. The van der Waals surface area contributed by atoms with E-state index < -0.39 is 0 Å². The van der Waals surface area contributed by atoms with Gasteiger partial charge in [0.1, 0.15) is 22.9 Å². The van der Waals surface area contributed by atoms with Crippen LogP contribution in [0, 0.1) is 6.92 Å². The highest BCUT2D eigenvalue weighted by atomic mass is 16.5. The smallest absolute Gasteiger partial charge is 0.224 e. The number of aromatic nitrogens is 3. The van der Waals surface area contributed by atoms with Crippen molar-refractivity contribution in [1.82, 2.24) is 14.5 Å². The van der Waals surface area contributed by atoms with Crippen molar-refractivity contribution in [2.75, 3.05) is 12.4 Å². The Morgan fingerprint density at radius 1 is 1.16 bits per heavy atom. The molecule has 1 aromatic carbocycles. The molecule has 0 saturated carbocycles. The number of ether oxygens (including phenoxy) is 1. The lowest BCUT2D eigenvalue weighted by atomic mass is 10.3. The van der Waals surface area contributed by atoms with E-state index >= 15 is 0 Å². The average Bonchev–Trinajstić information content (AvgIpc) is 2.62. The van der Waals surface area contributed by atoms with Crippen LogP contribution in [0.5, 0.6) is 11.6 Å². The van der Waals surface area contributed by atoms with Gasteiger partial charge in [-0.05, 0) is 25.1 Å². The van der Waals surface area contributed by atoms with Gasteiger partial charge in [-0.2, -0.15) is 4.98 Å². The molecule has 2 aromatic heterocycles. The topological polar surface area (TPSA) is 64.3 Å². The van der Waals surface area contributed by atoms with Crippen molar-refractivity contribution in [1.29, 1.82) is 0 Å². The second-order valence-electron chi connectivity index (χ2n) is 5.27. The number of pyridine rings is 1. The summed E-state index contributed by atoms with van der Waals surface area (Å²) in [5, 5.41) is 3.26. The number of rotatable bonds is 5. The fraction of sp³-hybridized carbons (Fsp3) is 0.105. The molecule has 0 radical (unpaired) electrons. The number of benzene rings is 1. The molecule has 0 atom stereocenters. The van der Waals surface area contributed by atoms with E-state index in [9.17, 15) is 0 Å². The minimum absolute atomic E-state index is 0.485. The number of nitrogens with zero attached hydrogens (tertiary/aromatic N) is 4. The maximum Gasteiger partial charge on any atom is 0.224 e. The third-order valence-corrected chi connectivity index (χ3v) is 3.44. The molecule has 0 aliphatic heterocycles. The monoisotopic (exact) mass is 333 g/mol. The molecule has 126 valence electrons. The van der Waals surface area contributed by atoms with E-state index in [0.717, 1.165) is 16.9 Å². The van der Waals surface area contributed by atoms with Crippen molar-refractivity contribution in [3.05, 3.63) is 72.6 Å². The van der Waals surface area contributed by atoms with Gasteiger partial charge in [0.2, 0.25) is 5.88 Å². The summed E-state index contributed by atoms with van der Waals surface area (Å²) in [6, 6.07) is 15.1. The van der Waals surface area contributed by atoms with Gasteiger partial charge < -0.3 is 14.6 Å². The molecule has 2 heterocycles. The van der Waals surface area contributed by atoms with Crippen molar-refractivity contribution < 1.29 is 4.74 Å². The van der Waals surface area contributed by atoms with E-state index in [4.69, 9.17) is 4.74 Å². The van der Waals surface area contributed by atoms with Gasteiger partial charge in [0.05, 0.1) is 0 Å². The predicted octanol–water partition coefficient (Wildman–Crippen LogP) is 3.75. The minimum atomic E-state index is 0.485. The van der Waals surface area contributed by atoms with Crippen LogP contribution in [0.15, 0.2) is 66.3 Å². The zero-order valence-electron chi connectivity index (χ0n) is 14.2. The van der Waals surface area contributed by atoms with Crippen molar-refractivity contribution in [2.24, 2.45) is 4.99 Å². The summed E-state index contributed by atoms with van der Waals surface area (Å²) in [6.45, 7) is 5.59. The highest BCUT2D eigenvalue weighted by Crippen LogP contribution is 2.22. The van der Waals surface area contributed by atoms with Gasteiger partial charge in [-0.1, -0.05) is 24.8 Å². The minimum Gasteiger partial charge on any atom is -0.439 e. The lowest BCUT2D eigenvalue weighted by molar-refractivity contribution is 0.460. The average molecular weight is 333 g/mol. The second-order valence-corrected chi connectivity index (χ2v) is 5.27. The molecular weight excluding hydrogens is 314 g/mol. The first-order chi connectivity index (χ1) is 12.2. The van der Waals surface area contributed by atoms with E-state index in [2.05, 4.69) is 26.9 Å². The summed E-state index contributed by atoms with van der Waals surface area (Å²) >= 11 is 0. The van der Waals surface area contributed by atoms with Crippen LogP contribution in [0.3, 0.4) is 0 Å². The van der Waals surface area contributed by atoms with Gasteiger partial charge in [-0.3, -0.25) is 4.99 Å². The molecule has 0 bridgehead atoms. The Bertz CT molecular complexity index is 948. The Hall–Kier alpha value is -3.41. The maximum atomic E-state index is 5.79. The summed E-state index contributed by atoms with van der Waals surface area (Å²) in [5.41, 5.74) is 1.65. The van der Waals surface area contributed by atoms with Crippen LogP contribution in [0.4, 0.5) is 11.5 Å². The summed E-state index contributed by atoms with van der Waals surface area (Å²) < 4.78 is 7.63. The number of hydrogen-bond donors (Lipinski definition) is 1. The molecule has 0 saturated heterocycles. The van der Waals surface area contributed by atoms with Gasteiger partial charge in [-0.15, -0.1) is 0 Å². The van der Waals surface area contributed by atoms with Crippen molar-refractivity contribution in [3.63, 3.8) is 0 Å². The molecule has 0 aliphatic carbocycles. The van der Waals surface area contributed by atoms with E-state index in [1.807, 2.05) is 60.2 Å². The molecule has 3 aromatic rings. The van der Waals surface area contributed by atoms with Crippen LogP contribution in [0.25, 0.3) is 6.20 Å². The number of para-hydroxylation sites is 1. The molecule has 0 amide bonds. The maximum absolute atomic E-state index is 5.79. The molecule has 6 heteroatoms. The van der Waals surface area contributed by atoms with Gasteiger partial charge in [0.15, 0.2) is 0 Å². The highest BCUT2D eigenvalue weighted by Gasteiger charge is 2.05. The van der Waals surface area contributed by atoms with Crippen LogP contribution in [0.1, 0.15) is 5.82 Å². The summed E-state index contributed by atoms with van der Waals surface area (Å²) in [6.07, 6.45) is 3.58. The second kappa shape index (κ2) is 7.44. The van der Waals surface area contributed by atoms with Gasteiger partial charge in [0.25, 0.3) is 0 Å². The van der Waals surface area contributed by atoms with Crippen LogP contribution in [0.2, 0.25) is 0 Å². The van der Waals surface area contributed by atoms with E-state index in [1.165, 1.54) is 0 Å². The lowest BCUT2D eigenvalue weighted by Crippen LogP contribution is -2.15. The molecule has 1 N–H and O–H groups in total. The van der Waals surface area contributed by atoms with Crippen LogP contribution in [-0.4, -0.2) is 21.6 Å². The zero-order valence-corrected chi connectivity index (χ0v) is 14.2. The normalized spacial score (nSPS) is 11.2. The van der Waals surface area contributed by atoms with E-state index in [-0.39, 0.29) is 0 Å². The van der Waals surface area contributed by atoms with Crippen LogP contribution in [-0.2, 0) is 0 Å². The van der Waals surface area contributed by atoms with Crippen LogP contribution < -0.4 is 15.5 Å². The molecule has 0 fully saturated rings. The van der Waals surface area contributed by atoms with Crippen LogP contribution >= 0.6 is 0 Å². The highest BCUT2D eigenvalue weighted by molar-refractivity contribution is 5.56. The Morgan fingerprint density at radius 2 is 1.96 bits per heavy atom. The Morgan fingerprint density at radius 3 is 2.68 bits per heavy atom. The summed E-state index contributed by atoms with van der Waals surface area (Å²) in [7, 11) is 1.74. The van der Waals surface area contributed by atoms with E-state index in [0.29, 0.717) is 17.5 Å². The third kappa shape index (κ3) is 4.11. The van der Waals surface area contributed by atoms with Gasteiger partial charge in [0, 0.05) is 37.3 Å². The largest absolute Gasteiger partial charge is 0.439 e. The molecular formula is C19H19N5O. The predicted molar refractivity (Wildman–Crippen MR) is 98.9 cm³/mol. The van der Waals surface area contributed by atoms with Crippen molar-refractivity contribution in [3.8, 4) is 11.6 Å². The first-order valence-electron chi connectivity index (χ1n) is 7.81. The Labute approximate surface area is 146 Å². The third-order valence-electron chi connectivity index (χ3n) is 3.44. The fourth-order valence-electron chi connectivity index (χ4n) is 2.32. The lowest BCUT2D eigenvalue weighted by Gasteiger charge is -2.10. The van der Waals surface area contributed by atoms with Gasteiger partial charge in [-0.25, -0.2) is 4.98 Å². The molecule has 6 nitrogen and oxygen atoms in total. The number of hydrogen-bond acceptors (Lipinski definition) is 5. The first kappa shape index (κ1) is 16.4. The summed E-state index contributed by atoms with van der Waals surface area (Å²) in [4.78, 5) is 13.0. The molecule has 3 rings (SSSR count). The Balaban J connectivity index is 1.87. The molecule has 0 aliphatic rings. The Kier molecular flexibility index (Phi) is 4.89. The number of aryl methyl sites for hydroxylation is 1. The van der Waals surface area contributed by atoms with Crippen molar-refractivity contribution >= 4 is 17.7 Å². The summed E-state index contributed by atoms with van der Waals surface area (Å²) in [5.74, 6) is 2.48. The number of anilines is 2. The van der Waals surface area contributed by atoms with E-state index in [1.54, 1.807) is 19.3 Å². The first-order valence-corrected chi connectivity index (χ1v) is 7.81. The van der Waals surface area contributed by atoms with Gasteiger partial charge >= 0.3 is 0 Å². The van der Waals surface area contributed by atoms with Crippen molar-refractivity contribution in [2.45, 2.75) is 6.92 Å². The zero-order chi connectivity index (χ0) is 17.6. The fourth-order valence-corrected chi connectivity index (χ4v) is 2.32.